The number of nitrogens with one attached hydrogen (secondary N) is 1. The van der Waals surface area contributed by atoms with E-state index in [0.29, 0.717) is 16.9 Å². The molecule has 0 fully saturated rings. The summed E-state index contributed by atoms with van der Waals surface area (Å²) in [5, 5.41) is 0. The van der Waals surface area contributed by atoms with Crippen LogP contribution < -0.4 is 9.26 Å². The van der Waals surface area contributed by atoms with Crippen LogP contribution in [0.15, 0.2) is 0 Å². The third-order valence-electron chi connectivity index (χ3n) is 3.22. The first-order chi connectivity index (χ1) is 7.58. The standard InChI is InChI=1S/C14H31IN2/c1-11(8-14(5,6)10-17-15)7-13(3,4)9-12(2)16/h11-12,17H,7-10,16H2,1-6H3. The van der Waals surface area contributed by atoms with E-state index in [1.54, 1.807) is 0 Å². The SMILES string of the molecule is CC(N)CC(C)(C)CC(C)CC(C)(C)CNI. The Morgan fingerprint density at radius 3 is 1.88 bits per heavy atom. The number of rotatable bonds is 8. The summed E-state index contributed by atoms with van der Waals surface area (Å²) < 4.78 is 3.26. The first-order valence-corrected chi connectivity index (χ1v) is 7.75. The molecule has 0 saturated heterocycles. The molecule has 0 aliphatic heterocycles. The summed E-state index contributed by atoms with van der Waals surface area (Å²) in [6, 6.07) is 0.307. The normalized spacial score (nSPS) is 16.9. The maximum Gasteiger partial charge on any atom is 0.0169 e. The van der Waals surface area contributed by atoms with Crippen molar-refractivity contribution in [3.8, 4) is 0 Å². The Kier molecular flexibility index (Phi) is 7.57. The Labute approximate surface area is 122 Å². The molecule has 0 radical (unpaired) electrons. The summed E-state index contributed by atoms with van der Waals surface area (Å²) in [5.74, 6) is 0.753. The molecule has 0 spiro atoms. The van der Waals surface area contributed by atoms with Crippen molar-refractivity contribution in [2.75, 3.05) is 6.54 Å². The number of halogens is 1. The number of hydrogen-bond donors (Lipinski definition) is 2. The Bertz CT molecular complexity index is 212. The van der Waals surface area contributed by atoms with Crippen LogP contribution >= 0.6 is 22.9 Å². The van der Waals surface area contributed by atoms with Crippen LogP contribution in [0, 0.1) is 16.7 Å². The van der Waals surface area contributed by atoms with Gasteiger partial charge < -0.3 is 5.73 Å². The molecule has 0 bridgehead atoms. The van der Waals surface area contributed by atoms with E-state index in [-0.39, 0.29) is 0 Å². The second-order valence-electron chi connectivity index (χ2n) is 7.33. The monoisotopic (exact) mass is 354 g/mol. The van der Waals surface area contributed by atoms with Crippen molar-refractivity contribution in [2.24, 2.45) is 22.5 Å². The number of nitrogens with two attached hydrogens (primary N) is 1. The van der Waals surface area contributed by atoms with Gasteiger partial charge in [-0.1, -0.05) is 34.6 Å². The zero-order valence-corrected chi connectivity index (χ0v) is 14.6. The molecule has 0 amide bonds. The van der Waals surface area contributed by atoms with E-state index in [1.807, 2.05) is 0 Å². The molecule has 0 aliphatic rings. The minimum absolute atomic E-state index is 0.307. The van der Waals surface area contributed by atoms with Crippen LogP contribution in [0.5, 0.6) is 0 Å². The van der Waals surface area contributed by atoms with Crippen molar-refractivity contribution in [1.29, 1.82) is 0 Å². The van der Waals surface area contributed by atoms with Gasteiger partial charge in [-0.05, 0) is 42.9 Å². The van der Waals surface area contributed by atoms with E-state index in [2.05, 4.69) is 67.9 Å². The van der Waals surface area contributed by atoms with Crippen LogP contribution in [0.25, 0.3) is 0 Å². The average molecular weight is 354 g/mol. The minimum atomic E-state index is 0.307. The fraction of sp³-hybridized carbons (Fsp3) is 1.00. The van der Waals surface area contributed by atoms with E-state index >= 15 is 0 Å². The molecule has 0 aliphatic carbocycles. The van der Waals surface area contributed by atoms with Crippen LogP contribution in [-0.4, -0.2) is 12.6 Å². The second kappa shape index (κ2) is 7.29. The molecule has 2 unspecified atom stereocenters. The summed E-state index contributed by atoms with van der Waals surface area (Å²) in [5.41, 5.74) is 6.66. The zero-order valence-electron chi connectivity index (χ0n) is 12.4. The quantitative estimate of drug-likeness (QED) is 0.508. The Balaban J connectivity index is 4.20. The van der Waals surface area contributed by atoms with Crippen LogP contribution in [0.4, 0.5) is 0 Å². The van der Waals surface area contributed by atoms with Crippen LogP contribution in [0.1, 0.15) is 60.8 Å². The molecule has 0 heterocycles. The predicted octanol–water partition coefficient (Wildman–Crippen LogP) is 4.13. The smallest absolute Gasteiger partial charge is 0.0169 e. The fourth-order valence-corrected chi connectivity index (χ4v) is 4.20. The van der Waals surface area contributed by atoms with Gasteiger partial charge in [-0.15, -0.1) is 0 Å². The van der Waals surface area contributed by atoms with Crippen LogP contribution in [0.3, 0.4) is 0 Å². The summed E-state index contributed by atoms with van der Waals surface area (Å²) in [7, 11) is 0. The molecule has 3 heteroatoms. The molecule has 0 rings (SSSR count). The Hall–Kier alpha value is 0.650. The van der Waals surface area contributed by atoms with E-state index < -0.39 is 0 Å². The molecule has 0 aromatic heterocycles. The van der Waals surface area contributed by atoms with Gasteiger partial charge >= 0.3 is 0 Å². The van der Waals surface area contributed by atoms with Gasteiger partial charge in [-0.3, -0.25) is 3.53 Å². The van der Waals surface area contributed by atoms with Gasteiger partial charge in [0, 0.05) is 35.5 Å². The highest BCUT2D eigenvalue weighted by atomic mass is 127. The van der Waals surface area contributed by atoms with Crippen molar-refractivity contribution in [1.82, 2.24) is 3.53 Å². The van der Waals surface area contributed by atoms with Crippen molar-refractivity contribution in [3.05, 3.63) is 0 Å². The van der Waals surface area contributed by atoms with Gasteiger partial charge in [0.2, 0.25) is 0 Å². The predicted molar refractivity (Wildman–Crippen MR) is 86.2 cm³/mol. The van der Waals surface area contributed by atoms with Gasteiger partial charge in [0.25, 0.3) is 0 Å². The molecule has 0 aromatic rings. The maximum absolute atomic E-state index is 5.92. The van der Waals surface area contributed by atoms with Gasteiger partial charge in [-0.2, -0.15) is 0 Å². The van der Waals surface area contributed by atoms with Gasteiger partial charge in [0.1, 0.15) is 0 Å². The first kappa shape index (κ1) is 17.6. The fourth-order valence-electron chi connectivity index (χ4n) is 3.17. The molecular weight excluding hydrogens is 323 g/mol. The highest BCUT2D eigenvalue weighted by molar-refractivity contribution is 14.1. The van der Waals surface area contributed by atoms with E-state index in [4.69, 9.17) is 5.73 Å². The second-order valence-corrected chi connectivity index (χ2v) is 8.10. The largest absolute Gasteiger partial charge is 0.328 e. The van der Waals surface area contributed by atoms with Crippen molar-refractivity contribution >= 4 is 22.9 Å². The van der Waals surface area contributed by atoms with E-state index in [9.17, 15) is 0 Å². The van der Waals surface area contributed by atoms with Gasteiger partial charge in [0.15, 0.2) is 0 Å². The highest BCUT2D eigenvalue weighted by Gasteiger charge is 2.26. The van der Waals surface area contributed by atoms with Crippen LogP contribution in [0.2, 0.25) is 0 Å². The highest BCUT2D eigenvalue weighted by Crippen LogP contribution is 2.35. The summed E-state index contributed by atoms with van der Waals surface area (Å²) >= 11 is 2.24. The summed E-state index contributed by atoms with van der Waals surface area (Å²) in [6.45, 7) is 14.9. The lowest BCUT2D eigenvalue weighted by Gasteiger charge is -2.33. The lowest BCUT2D eigenvalue weighted by Crippen LogP contribution is -2.30. The summed E-state index contributed by atoms with van der Waals surface area (Å²) in [6.07, 6.45) is 3.65. The van der Waals surface area contributed by atoms with Crippen molar-refractivity contribution < 1.29 is 0 Å². The van der Waals surface area contributed by atoms with E-state index in [0.717, 1.165) is 18.9 Å². The molecule has 17 heavy (non-hydrogen) atoms. The van der Waals surface area contributed by atoms with Crippen molar-refractivity contribution in [3.63, 3.8) is 0 Å². The molecule has 2 nitrogen and oxygen atoms in total. The molecule has 0 saturated carbocycles. The minimum Gasteiger partial charge on any atom is -0.328 e. The Morgan fingerprint density at radius 2 is 1.47 bits per heavy atom. The topological polar surface area (TPSA) is 38.0 Å². The lowest BCUT2D eigenvalue weighted by atomic mass is 9.74. The van der Waals surface area contributed by atoms with Crippen molar-refractivity contribution in [2.45, 2.75) is 66.8 Å². The van der Waals surface area contributed by atoms with E-state index in [1.165, 1.54) is 12.8 Å². The third kappa shape index (κ3) is 9.25. The molecule has 104 valence electrons. The molecule has 2 atom stereocenters. The average Bonchev–Trinajstić information content (AvgIpc) is 1.96. The van der Waals surface area contributed by atoms with Crippen LogP contribution in [-0.2, 0) is 0 Å². The summed E-state index contributed by atoms with van der Waals surface area (Å²) in [4.78, 5) is 0. The first-order valence-electron chi connectivity index (χ1n) is 6.67. The molecule has 0 aromatic carbocycles. The van der Waals surface area contributed by atoms with Gasteiger partial charge in [0.05, 0.1) is 0 Å². The maximum atomic E-state index is 5.92. The zero-order chi connectivity index (χ0) is 13.7. The molecule has 3 N–H and O–H groups in total. The third-order valence-corrected chi connectivity index (χ3v) is 3.60. The Morgan fingerprint density at radius 1 is 1.00 bits per heavy atom. The lowest BCUT2D eigenvalue weighted by molar-refractivity contribution is 0.193. The van der Waals surface area contributed by atoms with Gasteiger partial charge in [-0.25, -0.2) is 0 Å². The molecular formula is C14H31IN2. The number of hydrogen-bond acceptors (Lipinski definition) is 2.